The smallest absolute Gasteiger partial charge is 0.325 e. The Bertz CT molecular complexity index is 793. The second-order valence-electron chi connectivity index (χ2n) is 5.83. The highest BCUT2D eigenvalue weighted by Gasteiger charge is 2.23. The van der Waals surface area contributed by atoms with Gasteiger partial charge in [0.2, 0.25) is 5.91 Å². The Kier molecular flexibility index (Phi) is 7.37. The van der Waals surface area contributed by atoms with Crippen LogP contribution in [0.15, 0.2) is 54.6 Å². The predicted octanol–water partition coefficient (Wildman–Crippen LogP) is 1.29. The molecule has 0 aliphatic heterocycles. The van der Waals surface area contributed by atoms with Crippen LogP contribution < -0.4 is 16.4 Å². The molecule has 0 radical (unpaired) electrons. The van der Waals surface area contributed by atoms with Crippen molar-refractivity contribution in [3.8, 4) is 0 Å². The molecular weight excluding hydrogens is 346 g/mol. The Hall–Kier alpha value is -3.35. The van der Waals surface area contributed by atoms with Crippen molar-refractivity contribution in [1.82, 2.24) is 10.6 Å². The molecule has 7 nitrogen and oxygen atoms in total. The maximum Gasteiger partial charge on any atom is 0.325 e. The summed E-state index contributed by atoms with van der Waals surface area (Å²) in [6, 6.07) is 15.0. The molecule has 2 aromatic rings. The number of esters is 1. The molecule has 0 aliphatic carbocycles. The van der Waals surface area contributed by atoms with Crippen LogP contribution in [0, 0.1) is 0 Å². The Balaban J connectivity index is 2.11. The summed E-state index contributed by atoms with van der Waals surface area (Å²) in [6.45, 7) is 1.65. The van der Waals surface area contributed by atoms with E-state index in [1.54, 1.807) is 31.2 Å². The topological polar surface area (TPSA) is 111 Å². The van der Waals surface area contributed by atoms with Gasteiger partial charge in [0.15, 0.2) is 0 Å². The number of hydrogen-bond acceptors (Lipinski definition) is 5. The van der Waals surface area contributed by atoms with E-state index in [2.05, 4.69) is 10.6 Å². The maximum absolute atomic E-state index is 12.5. The van der Waals surface area contributed by atoms with E-state index in [1.165, 1.54) is 0 Å². The van der Waals surface area contributed by atoms with E-state index < -0.39 is 23.8 Å². The van der Waals surface area contributed by atoms with E-state index in [0.717, 1.165) is 5.56 Å². The molecule has 2 rings (SSSR count). The first-order valence-electron chi connectivity index (χ1n) is 8.64. The minimum atomic E-state index is -0.867. The van der Waals surface area contributed by atoms with E-state index >= 15 is 0 Å². The average molecular weight is 369 g/mol. The van der Waals surface area contributed by atoms with Gasteiger partial charge >= 0.3 is 5.97 Å². The number of benzene rings is 2. The fourth-order valence-electron chi connectivity index (χ4n) is 2.49. The minimum absolute atomic E-state index is 0.228. The third kappa shape index (κ3) is 6.14. The van der Waals surface area contributed by atoms with Gasteiger partial charge in [-0.2, -0.15) is 0 Å². The molecule has 142 valence electrons. The van der Waals surface area contributed by atoms with Crippen LogP contribution >= 0.6 is 0 Å². The van der Waals surface area contributed by atoms with Crippen molar-refractivity contribution < 1.29 is 19.1 Å². The van der Waals surface area contributed by atoms with Gasteiger partial charge in [-0.05, 0) is 24.6 Å². The number of hydrogen-bond donors (Lipinski definition) is 3. The fraction of sp³-hybridized carbons (Fsp3) is 0.250. The number of nitrogens with one attached hydrogen (secondary N) is 2. The second-order valence-corrected chi connectivity index (χ2v) is 5.83. The molecule has 1 atom stereocenters. The zero-order chi connectivity index (χ0) is 19.6. The third-order valence-corrected chi connectivity index (χ3v) is 3.82. The van der Waals surface area contributed by atoms with Crippen molar-refractivity contribution in [1.29, 1.82) is 0 Å². The number of rotatable bonds is 8. The van der Waals surface area contributed by atoms with E-state index in [0.29, 0.717) is 5.69 Å². The quantitative estimate of drug-likeness (QED) is 0.480. The Morgan fingerprint density at radius 3 is 2.37 bits per heavy atom. The fourth-order valence-corrected chi connectivity index (χ4v) is 2.49. The lowest BCUT2D eigenvalue weighted by Crippen LogP contribution is -2.49. The van der Waals surface area contributed by atoms with Crippen LogP contribution in [-0.2, 0) is 20.7 Å². The number of carbonyl (C=O) groups is 3. The van der Waals surface area contributed by atoms with Crippen molar-refractivity contribution in [2.24, 2.45) is 0 Å². The minimum Gasteiger partial charge on any atom is -0.465 e. The van der Waals surface area contributed by atoms with Crippen LogP contribution in [0.25, 0.3) is 0 Å². The van der Waals surface area contributed by atoms with Gasteiger partial charge < -0.3 is 21.1 Å². The van der Waals surface area contributed by atoms with Crippen molar-refractivity contribution in [2.75, 3.05) is 18.9 Å². The Morgan fingerprint density at radius 2 is 1.70 bits per heavy atom. The van der Waals surface area contributed by atoms with Crippen molar-refractivity contribution in [2.45, 2.75) is 19.4 Å². The monoisotopic (exact) mass is 369 g/mol. The SMILES string of the molecule is CCOC(=O)CNC(=O)C(Cc1ccccc1)NC(=O)c1ccccc1N. The zero-order valence-electron chi connectivity index (χ0n) is 15.1. The Labute approximate surface area is 157 Å². The second kappa shape index (κ2) is 9.96. The van der Waals surface area contributed by atoms with Crippen LogP contribution in [-0.4, -0.2) is 37.0 Å². The van der Waals surface area contributed by atoms with Gasteiger partial charge in [0.25, 0.3) is 5.91 Å². The van der Waals surface area contributed by atoms with Gasteiger partial charge in [0.1, 0.15) is 12.6 Å². The van der Waals surface area contributed by atoms with Gasteiger partial charge in [-0.15, -0.1) is 0 Å². The van der Waals surface area contributed by atoms with Crippen LogP contribution in [0.2, 0.25) is 0 Å². The van der Waals surface area contributed by atoms with E-state index in [9.17, 15) is 14.4 Å². The number of nitrogen functional groups attached to an aromatic ring is 1. The van der Waals surface area contributed by atoms with Gasteiger partial charge in [-0.25, -0.2) is 0 Å². The predicted molar refractivity (Wildman–Crippen MR) is 102 cm³/mol. The molecule has 7 heteroatoms. The number of carbonyl (C=O) groups excluding carboxylic acids is 3. The molecule has 0 aromatic heterocycles. The van der Waals surface area contributed by atoms with Crippen LogP contribution in [0.1, 0.15) is 22.8 Å². The number of anilines is 1. The molecule has 0 spiro atoms. The number of nitrogens with two attached hydrogens (primary N) is 1. The van der Waals surface area contributed by atoms with E-state index in [4.69, 9.17) is 10.5 Å². The molecule has 0 saturated carbocycles. The van der Waals surface area contributed by atoms with E-state index in [1.807, 2.05) is 30.3 Å². The van der Waals surface area contributed by atoms with Crippen LogP contribution in [0.5, 0.6) is 0 Å². The van der Waals surface area contributed by atoms with Crippen LogP contribution in [0.4, 0.5) is 5.69 Å². The third-order valence-electron chi connectivity index (χ3n) is 3.82. The standard InChI is InChI=1S/C20H23N3O4/c1-2-27-18(24)13-22-20(26)17(12-14-8-4-3-5-9-14)23-19(25)15-10-6-7-11-16(15)21/h3-11,17H,2,12-13,21H2,1H3,(H,22,26)(H,23,25). The normalized spacial score (nSPS) is 11.3. The van der Waals surface area contributed by atoms with Gasteiger partial charge in [0, 0.05) is 12.1 Å². The molecule has 0 aliphatic rings. The summed E-state index contributed by atoms with van der Waals surface area (Å²) in [5.41, 5.74) is 7.31. The molecule has 0 saturated heterocycles. The first kappa shape index (κ1) is 20.0. The molecule has 4 N–H and O–H groups in total. The molecule has 1 unspecified atom stereocenters. The molecule has 2 amide bonds. The van der Waals surface area contributed by atoms with Crippen molar-refractivity contribution >= 4 is 23.5 Å². The lowest BCUT2D eigenvalue weighted by Gasteiger charge is -2.19. The number of ether oxygens (including phenoxy) is 1. The van der Waals surface area contributed by atoms with Crippen molar-refractivity contribution in [3.63, 3.8) is 0 Å². The molecule has 2 aromatic carbocycles. The highest BCUT2D eigenvalue weighted by Crippen LogP contribution is 2.11. The van der Waals surface area contributed by atoms with Gasteiger partial charge in [-0.1, -0.05) is 42.5 Å². The molecular formula is C20H23N3O4. The Morgan fingerprint density at radius 1 is 1.04 bits per heavy atom. The summed E-state index contributed by atoms with van der Waals surface area (Å²) in [6.07, 6.45) is 0.272. The number of amides is 2. The van der Waals surface area contributed by atoms with Crippen molar-refractivity contribution in [3.05, 3.63) is 65.7 Å². The number of para-hydroxylation sites is 1. The summed E-state index contributed by atoms with van der Waals surface area (Å²) in [5.74, 6) is -1.47. The summed E-state index contributed by atoms with van der Waals surface area (Å²) < 4.78 is 4.80. The summed E-state index contributed by atoms with van der Waals surface area (Å²) >= 11 is 0. The van der Waals surface area contributed by atoms with E-state index in [-0.39, 0.29) is 25.1 Å². The molecule has 0 fully saturated rings. The largest absolute Gasteiger partial charge is 0.465 e. The zero-order valence-corrected chi connectivity index (χ0v) is 15.1. The lowest BCUT2D eigenvalue weighted by atomic mass is 10.0. The maximum atomic E-state index is 12.5. The summed E-state index contributed by atoms with van der Waals surface area (Å²) in [5, 5.41) is 5.19. The lowest BCUT2D eigenvalue weighted by molar-refractivity contribution is -0.143. The summed E-state index contributed by atoms with van der Waals surface area (Å²) in [4.78, 5) is 36.6. The first-order valence-corrected chi connectivity index (χ1v) is 8.64. The van der Waals surface area contributed by atoms with Gasteiger partial charge in [0.05, 0.1) is 12.2 Å². The molecule has 0 bridgehead atoms. The highest BCUT2D eigenvalue weighted by molar-refractivity contribution is 6.01. The average Bonchev–Trinajstić information content (AvgIpc) is 2.67. The summed E-state index contributed by atoms with van der Waals surface area (Å²) in [7, 11) is 0. The highest BCUT2D eigenvalue weighted by atomic mass is 16.5. The molecule has 27 heavy (non-hydrogen) atoms. The molecule has 0 heterocycles. The first-order chi connectivity index (χ1) is 13.0. The van der Waals surface area contributed by atoms with Crippen LogP contribution in [0.3, 0.4) is 0 Å². The van der Waals surface area contributed by atoms with Gasteiger partial charge in [-0.3, -0.25) is 14.4 Å².